The SMILES string of the molecule is Cc1ccc(Cn2cc(I)cn2)cc1Br. The summed E-state index contributed by atoms with van der Waals surface area (Å²) < 4.78 is 4.26. The van der Waals surface area contributed by atoms with Crippen molar-refractivity contribution >= 4 is 38.5 Å². The predicted octanol–water partition coefficient (Wildman–Crippen LogP) is 3.61. The molecule has 0 aliphatic heterocycles. The third kappa shape index (κ3) is 2.81. The summed E-state index contributed by atoms with van der Waals surface area (Å²) in [7, 11) is 0. The van der Waals surface area contributed by atoms with E-state index in [1.807, 2.05) is 17.1 Å². The van der Waals surface area contributed by atoms with Crippen LogP contribution in [-0.4, -0.2) is 9.78 Å². The Balaban J connectivity index is 2.21. The van der Waals surface area contributed by atoms with E-state index in [-0.39, 0.29) is 0 Å². The molecular weight excluding hydrogens is 367 g/mol. The van der Waals surface area contributed by atoms with Crippen molar-refractivity contribution in [1.82, 2.24) is 9.78 Å². The number of halogens is 2. The molecule has 0 aliphatic carbocycles. The molecule has 2 aromatic rings. The van der Waals surface area contributed by atoms with Crippen molar-refractivity contribution in [3.8, 4) is 0 Å². The maximum Gasteiger partial charge on any atom is 0.0660 e. The number of rotatable bonds is 2. The van der Waals surface area contributed by atoms with Gasteiger partial charge in [-0.3, -0.25) is 4.68 Å². The Bertz CT molecular complexity index is 479. The molecule has 1 heterocycles. The Morgan fingerprint density at radius 1 is 1.47 bits per heavy atom. The maximum atomic E-state index is 4.26. The van der Waals surface area contributed by atoms with Crippen LogP contribution >= 0.6 is 38.5 Å². The van der Waals surface area contributed by atoms with Crippen LogP contribution in [-0.2, 0) is 6.54 Å². The number of aryl methyl sites for hydroxylation is 1. The summed E-state index contributed by atoms with van der Waals surface area (Å²) in [5.74, 6) is 0. The topological polar surface area (TPSA) is 17.8 Å². The molecule has 78 valence electrons. The van der Waals surface area contributed by atoms with Crippen molar-refractivity contribution in [2.75, 3.05) is 0 Å². The van der Waals surface area contributed by atoms with E-state index in [0.29, 0.717) is 0 Å². The van der Waals surface area contributed by atoms with Crippen LogP contribution in [0.1, 0.15) is 11.1 Å². The first-order chi connectivity index (χ1) is 7.15. The minimum atomic E-state index is 0.821. The minimum Gasteiger partial charge on any atom is -0.267 e. The second-order valence-electron chi connectivity index (χ2n) is 3.44. The normalized spacial score (nSPS) is 10.6. The van der Waals surface area contributed by atoms with Gasteiger partial charge in [-0.05, 0) is 46.7 Å². The monoisotopic (exact) mass is 376 g/mol. The lowest BCUT2D eigenvalue weighted by molar-refractivity contribution is 0.686. The van der Waals surface area contributed by atoms with Crippen molar-refractivity contribution in [1.29, 1.82) is 0 Å². The summed E-state index contributed by atoms with van der Waals surface area (Å²) in [6.07, 6.45) is 3.90. The van der Waals surface area contributed by atoms with Crippen LogP contribution in [0.2, 0.25) is 0 Å². The van der Waals surface area contributed by atoms with E-state index in [1.165, 1.54) is 14.7 Å². The molecule has 0 saturated heterocycles. The van der Waals surface area contributed by atoms with Crippen molar-refractivity contribution in [2.24, 2.45) is 0 Å². The highest BCUT2D eigenvalue weighted by molar-refractivity contribution is 14.1. The molecule has 0 saturated carbocycles. The molecule has 0 fully saturated rings. The molecule has 1 aromatic carbocycles. The van der Waals surface area contributed by atoms with Crippen LogP contribution < -0.4 is 0 Å². The van der Waals surface area contributed by atoms with E-state index in [0.717, 1.165) is 11.0 Å². The molecule has 0 amide bonds. The lowest BCUT2D eigenvalue weighted by atomic mass is 10.1. The van der Waals surface area contributed by atoms with Crippen molar-refractivity contribution < 1.29 is 0 Å². The molecule has 0 spiro atoms. The zero-order valence-corrected chi connectivity index (χ0v) is 12.0. The summed E-state index contributed by atoms with van der Waals surface area (Å²) in [6.45, 7) is 2.91. The fraction of sp³-hybridized carbons (Fsp3) is 0.182. The van der Waals surface area contributed by atoms with Gasteiger partial charge in [0.15, 0.2) is 0 Å². The Labute approximate surface area is 111 Å². The van der Waals surface area contributed by atoms with Gasteiger partial charge < -0.3 is 0 Å². The van der Waals surface area contributed by atoms with Crippen molar-refractivity contribution in [2.45, 2.75) is 13.5 Å². The van der Waals surface area contributed by atoms with Crippen molar-refractivity contribution in [3.63, 3.8) is 0 Å². The second kappa shape index (κ2) is 4.65. The highest BCUT2D eigenvalue weighted by Gasteiger charge is 2.00. The molecule has 2 nitrogen and oxygen atoms in total. The Morgan fingerprint density at radius 3 is 2.87 bits per heavy atom. The first kappa shape index (κ1) is 11.1. The van der Waals surface area contributed by atoms with Crippen LogP contribution in [0.5, 0.6) is 0 Å². The lowest BCUT2D eigenvalue weighted by Crippen LogP contribution is -1.99. The van der Waals surface area contributed by atoms with Gasteiger partial charge >= 0.3 is 0 Å². The summed E-state index contributed by atoms with van der Waals surface area (Å²) in [4.78, 5) is 0. The number of hydrogen-bond acceptors (Lipinski definition) is 1. The van der Waals surface area contributed by atoms with Gasteiger partial charge in [0.25, 0.3) is 0 Å². The third-order valence-electron chi connectivity index (χ3n) is 2.18. The average molecular weight is 377 g/mol. The van der Waals surface area contributed by atoms with Crippen LogP contribution in [0.4, 0.5) is 0 Å². The van der Waals surface area contributed by atoms with E-state index in [2.05, 4.69) is 68.7 Å². The smallest absolute Gasteiger partial charge is 0.0660 e. The first-order valence-electron chi connectivity index (χ1n) is 4.58. The molecule has 2 rings (SSSR count). The first-order valence-corrected chi connectivity index (χ1v) is 6.45. The van der Waals surface area contributed by atoms with Gasteiger partial charge in [0.1, 0.15) is 0 Å². The zero-order valence-electron chi connectivity index (χ0n) is 8.24. The van der Waals surface area contributed by atoms with E-state index in [9.17, 15) is 0 Å². The van der Waals surface area contributed by atoms with E-state index in [1.54, 1.807) is 0 Å². The molecule has 4 heteroatoms. The lowest BCUT2D eigenvalue weighted by Gasteiger charge is -2.04. The Kier molecular flexibility index (Phi) is 3.45. The molecule has 15 heavy (non-hydrogen) atoms. The number of nitrogens with zero attached hydrogens (tertiary/aromatic N) is 2. The molecule has 0 bridgehead atoms. The Hall–Kier alpha value is -0.360. The molecule has 0 N–H and O–H groups in total. The highest BCUT2D eigenvalue weighted by atomic mass is 127. The van der Waals surface area contributed by atoms with E-state index in [4.69, 9.17) is 0 Å². The summed E-state index contributed by atoms with van der Waals surface area (Å²) >= 11 is 5.80. The standard InChI is InChI=1S/C11H10BrIN2/c1-8-2-3-9(4-11(8)12)6-15-7-10(13)5-14-15/h2-5,7H,6H2,1H3. The number of hydrogen-bond donors (Lipinski definition) is 0. The number of benzene rings is 1. The third-order valence-corrected chi connectivity index (χ3v) is 3.59. The molecular formula is C11H10BrIN2. The summed E-state index contributed by atoms with van der Waals surface area (Å²) in [5.41, 5.74) is 2.51. The van der Waals surface area contributed by atoms with Crippen molar-refractivity contribution in [3.05, 3.63) is 49.8 Å². The van der Waals surface area contributed by atoms with E-state index >= 15 is 0 Å². The number of aromatic nitrogens is 2. The van der Waals surface area contributed by atoms with Crippen LogP contribution in [0.25, 0.3) is 0 Å². The summed E-state index contributed by atoms with van der Waals surface area (Å²) in [6, 6.07) is 6.40. The van der Waals surface area contributed by atoms with Crippen LogP contribution in [0, 0.1) is 10.5 Å². The van der Waals surface area contributed by atoms with Gasteiger partial charge in [-0.25, -0.2) is 0 Å². The van der Waals surface area contributed by atoms with Gasteiger partial charge in [0.05, 0.1) is 16.3 Å². The van der Waals surface area contributed by atoms with Gasteiger partial charge in [-0.1, -0.05) is 28.1 Å². The van der Waals surface area contributed by atoms with E-state index < -0.39 is 0 Å². The van der Waals surface area contributed by atoms with Gasteiger partial charge in [-0.2, -0.15) is 5.10 Å². The molecule has 1 aromatic heterocycles. The fourth-order valence-electron chi connectivity index (χ4n) is 1.35. The second-order valence-corrected chi connectivity index (χ2v) is 5.54. The van der Waals surface area contributed by atoms with Gasteiger partial charge in [0.2, 0.25) is 0 Å². The van der Waals surface area contributed by atoms with Gasteiger partial charge in [-0.15, -0.1) is 0 Å². The largest absolute Gasteiger partial charge is 0.267 e. The zero-order chi connectivity index (χ0) is 10.8. The predicted molar refractivity (Wildman–Crippen MR) is 72.9 cm³/mol. The fourth-order valence-corrected chi connectivity index (χ4v) is 2.22. The average Bonchev–Trinajstić information content (AvgIpc) is 2.58. The molecule has 0 radical (unpaired) electrons. The van der Waals surface area contributed by atoms with Crippen LogP contribution in [0.15, 0.2) is 35.1 Å². The molecule has 0 unspecified atom stereocenters. The maximum absolute atomic E-state index is 4.26. The quantitative estimate of drug-likeness (QED) is 0.732. The minimum absolute atomic E-state index is 0.821. The highest BCUT2D eigenvalue weighted by Crippen LogP contribution is 2.18. The molecule has 0 atom stereocenters. The molecule has 0 aliphatic rings. The van der Waals surface area contributed by atoms with Crippen LogP contribution in [0.3, 0.4) is 0 Å². The van der Waals surface area contributed by atoms with Gasteiger partial charge in [0, 0.05) is 10.7 Å². The Morgan fingerprint density at radius 2 is 2.27 bits per heavy atom. The summed E-state index contributed by atoms with van der Waals surface area (Å²) in [5, 5.41) is 4.26.